The van der Waals surface area contributed by atoms with Crippen molar-refractivity contribution < 1.29 is 9.84 Å². The Hall–Kier alpha value is 0.430. The van der Waals surface area contributed by atoms with E-state index in [0.29, 0.717) is 6.61 Å². The first-order valence-corrected chi connectivity index (χ1v) is 5.53. The molecule has 0 aliphatic heterocycles. The predicted octanol–water partition coefficient (Wildman–Crippen LogP) is 2.09. The third-order valence-electron chi connectivity index (χ3n) is 2.30. The zero-order valence-corrected chi connectivity index (χ0v) is 9.34. The van der Waals surface area contributed by atoms with E-state index in [1.54, 1.807) is 0 Å². The van der Waals surface area contributed by atoms with Crippen molar-refractivity contribution >= 4 is 21.9 Å². The van der Waals surface area contributed by atoms with Crippen LogP contribution in [0.2, 0.25) is 0 Å². The van der Waals surface area contributed by atoms with Crippen molar-refractivity contribution in [1.82, 2.24) is 0 Å². The fourth-order valence-corrected chi connectivity index (χ4v) is 2.33. The zero-order valence-electron chi connectivity index (χ0n) is 7.18. The van der Waals surface area contributed by atoms with Crippen molar-refractivity contribution in [2.24, 2.45) is 0 Å². The van der Waals surface area contributed by atoms with Gasteiger partial charge in [-0.3, -0.25) is 0 Å². The monoisotopic (exact) mass is 282 g/mol. The summed E-state index contributed by atoms with van der Waals surface area (Å²) >= 11 is 2.14. The van der Waals surface area contributed by atoms with Gasteiger partial charge in [-0.05, 0) is 0 Å². The minimum absolute atomic E-state index is 0.111. The van der Waals surface area contributed by atoms with Crippen LogP contribution in [0.15, 0.2) is 0 Å². The molecule has 1 fully saturated rings. The Kier molecular flexibility index (Phi) is 4.57. The molecule has 1 aliphatic carbocycles. The average Bonchev–Trinajstić information content (AvgIpc) is 2.16. The fourth-order valence-electron chi connectivity index (χ4n) is 1.63. The Balaban J connectivity index is 2.44. The molecule has 0 aromatic rings. The van der Waals surface area contributed by atoms with Crippen LogP contribution in [0.4, 0.5) is 0 Å². The van der Waals surface area contributed by atoms with Crippen molar-refractivity contribution in [2.75, 3.05) is 13.2 Å². The van der Waals surface area contributed by atoms with Crippen LogP contribution in [0.25, 0.3) is 0 Å². The average molecular weight is 282 g/mol. The van der Waals surface area contributed by atoms with Gasteiger partial charge in [0.05, 0.1) is 0 Å². The molecule has 1 rings (SSSR count). The molecule has 1 N–H and O–H groups in total. The van der Waals surface area contributed by atoms with E-state index in [9.17, 15) is 0 Å². The van der Waals surface area contributed by atoms with E-state index in [4.69, 9.17) is 9.84 Å². The normalized spacial score (nSPS) is 21.8. The minimum atomic E-state index is -0.151. The molecule has 3 heteroatoms. The van der Waals surface area contributed by atoms with Crippen LogP contribution in [0.1, 0.15) is 32.1 Å². The van der Waals surface area contributed by atoms with Gasteiger partial charge in [-0.15, -0.1) is 0 Å². The van der Waals surface area contributed by atoms with Gasteiger partial charge in [0.15, 0.2) is 0 Å². The molecule has 0 atom stereocenters. The topological polar surface area (TPSA) is 29.5 Å². The van der Waals surface area contributed by atoms with E-state index in [1.807, 2.05) is 0 Å². The molecule has 0 unspecified atom stereocenters. The number of aliphatic hydroxyl groups is 1. The third kappa shape index (κ3) is 2.73. The van der Waals surface area contributed by atoms with E-state index in [0.717, 1.165) is 12.8 Å². The van der Waals surface area contributed by atoms with E-state index in [1.165, 1.54) is 19.3 Å². The van der Waals surface area contributed by atoms with Gasteiger partial charge in [-0.2, -0.15) is 0 Å². The second-order valence-electron chi connectivity index (χ2n) is 3.22. The van der Waals surface area contributed by atoms with Gasteiger partial charge in [-0.25, -0.2) is 0 Å². The van der Waals surface area contributed by atoms with Crippen LogP contribution in [0, 0.1) is 3.81 Å². The van der Waals surface area contributed by atoms with Gasteiger partial charge >= 0.3 is 86.5 Å². The first-order chi connectivity index (χ1) is 5.83. The molecule has 0 bridgehead atoms. The maximum absolute atomic E-state index is 8.65. The van der Waals surface area contributed by atoms with Gasteiger partial charge < -0.3 is 0 Å². The van der Waals surface area contributed by atoms with Gasteiger partial charge in [0, 0.05) is 0 Å². The summed E-state index contributed by atoms with van der Waals surface area (Å²) in [6.07, 6.45) is 5.89. The number of hydrogen-bond donors (Lipinski definition) is 1. The molecule has 70 valence electrons. The molecule has 0 spiro atoms. The molecule has 0 aromatic heterocycles. The Labute approximate surface area is 86.5 Å². The summed E-state index contributed by atoms with van der Waals surface area (Å²) in [7, 11) is 0. The zero-order chi connectivity index (χ0) is 8.86. The second-order valence-corrected chi connectivity index (χ2v) is 3.76. The number of aliphatic hydroxyl groups excluding tert-OH is 1. The third-order valence-corrected chi connectivity index (χ3v) is 3.29. The van der Waals surface area contributed by atoms with Crippen molar-refractivity contribution in [1.29, 1.82) is 0 Å². The van der Waals surface area contributed by atoms with Crippen LogP contribution in [0.5, 0.6) is 0 Å². The molecule has 0 radical (unpaired) electrons. The van der Waals surface area contributed by atoms with Crippen molar-refractivity contribution in [2.45, 2.75) is 37.7 Å². The van der Waals surface area contributed by atoms with Crippen LogP contribution in [0.3, 0.4) is 0 Å². The van der Waals surface area contributed by atoms with Gasteiger partial charge in [0.1, 0.15) is 0 Å². The van der Waals surface area contributed by atoms with Gasteiger partial charge in [-0.1, -0.05) is 0 Å². The van der Waals surface area contributed by atoms with Crippen LogP contribution < -0.4 is 0 Å². The second kappa shape index (κ2) is 5.22. The number of halogens is 1. The summed E-state index contributed by atoms with van der Waals surface area (Å²) in [6, 6.07) is 0. The van der Waals surface area contributed by atoms with E-state index in [-0.39, 0.29) is 12.2 Å². The summed E-state index contributed by atoms with van der Waals surface area (Å²) in [4.78, 5) is 0. The Morgan fingerprint density at radius 1 is 1.33 bits per heavy atom. The molecule has 12 heavy (non-hydrogen) atoms. The van der Waals surface area contributed by atoms with E-state index in [2.05, 4.69) is 25.7 Å². The molecular formula is C9H15IO2. The Bertz CT molecular complexity index is 168. The van der Waals surface area contributed by atoms with Crippen molar-refractivity contribution in [3.63, 3.8) is 0 Å². The molecule has 1 saturated carbocycles. The Morgan fingerprint density at radius 2 is 2.00 bits per heavy atom. The first kappa shape index (κ1) is 10.5. The van der Waals surface area contributed by atoms with Crippen LogP contribution in [-0.4, -0.2) is 23.9 Å². The van der Waals surface area contributed by atoms with Gasteiger partial charge in [0.2, 0.25) is 0 Å². The molecule has 0 amide bonds. The SMILES string of the molecule is OCCOC1(C#I)CCCCC1. The first-order valence-electron chi connectivity index (χ1n) is 4.46. The standard InChI is InChI=1S/C9H15IO2/c10-8-9(12-7-6-11)4-2-1-3-5-9/h11H,1-7H2. The van der Waals surface area contributed by atoms with E-state index < -0.39 is 0 Å². The van der Waals surface area contributed by atoms with Crippen molar-refractivity contribution in [3.8, 4) is 3.81 Å². The van der Waals surface area contributed by atoms with E-state index >= 15 is 0 Å². The molecule has 2 nitrogen and oxygen atoms in total. The van der Waals surface area contributed by atoms with Crippen LogP contribution in [-0.2, 0) is 4.74 Å². The summed E-state index contributed by atoms with van der Waals surface area (Å²) < 4.78 is 8.79. The fraction of sp³-hybridized carbons (Fsp3) is 0.889. The molecule has 0 saturated heterocycles. The Morgan fingerprint density at radius 3 is 2.50 bits per heavy atom. The molecule has 0 heterocycles. The summed E-state index contributed by atoms with van der Waals surface area (Å²) in [6.45, 7) is 0.552. The quantitative estimate of drug-likeness (QED) is 0.803. The van der Waals surface area contributed by atoms with Gasteiger partial charge in [0.25, 0.3) is 0 Å². The summed E-state index contributed by atoms with van der Waals surface area (Å²) in [5.41, 5.74) is -0.151. The van der Waals surface area contributed by atoms with Crippen molar-refractivity contribution in [3.05, 3.63) is 0 Å². The number of hydrogen-bond acceptors (Lipinski definition) is 2. The molecule has 0 aromatic carbocycles. The predicted molar refractivity (Wildman–Crippen MR) is 56.8 cm³/mol. The number of ether oxygens (including phenoxy) is 1. The van der Waals surface area contributed by atoms with Crippen LogP contribution >= 0.6 is 21.9 Å². The maximum atomic E-state index is 8.65. The number of rotatable bonds is 3. The molecule has 1 aliphatic rings. The summed E-state index contributed by atoms with van der Waals surface area (Å²) in [5.74, 6) is 0. The molecular weight excluding hydrogens is 267 g/mol. The summed E-state index contributed by atoms with van der Waals surface area (Å²) in [5, 5.41) is 8.65.